The second kappa shape index (κ2) is 12.7. The molecule has 3 aliphatic rings. The Morgan fingerprint density at radius 3 is 2.26 bits per heavy atom. The van der Waals surface area contributed by atoms with Crippen molar-refractivity contribution < 1.29 is 19.1 Å². The molecule has 3 fully saturated rings. The van der Waals surface area contributed by atoms with Gasteiger partial charge >= 0.3 is 5.97 Å². The molecule has 1 saturated carbocycles. The summed E-state index contributed by atoms with van der Waals surface area (Å²) in [4.78, 5) is 30.2. The number of carboxylic acid groups (broad SMARTS) is 1. The molecule has 1 N–H and O–H groups in total. The molecule has 0 bridgehead atoms. The third kappa shape index (κ3) is 6.44. The molecule has 6 heteroatoms. The fourth-order valence-corrected chi connectivity index (χ4v) is 7.68. The third-order valence-electron chi connectivity index (χ3n) is 9.79. The van der Waals surface area contributed by atoms with Crippen LogP contribution in [0.5, 0.6) is 0 Å². The SMILES string of the molecule is CC1C(N2CCC(CCC(=O)c3ccc(F)cc3)CC2)C(c2ccccc2)CN1[C@@H](C(=O)O)C1CCCCC1. The minimum absolute atomic E-state index is 0.0871. The molecule has 2 aliphatic heterocycles. The van der Waals surface area contributed by atoms with E-state index in [4.69, 9.17) is 0 Å². The molecule has 1 aliphatic carbocycles. The molecule has 2 aromatic rings. The first-order valence-corrected chi connectivity index (χ1v) is 15.0. The van der Waals surface area contributed by atoms with E-state index in [2.05, 4.69) is 47.1 Å². The summed E-state index contributed by atoms with van der Waals surface area (Å²) < 4.78 is 13.2. The summed E-state index contributed by atoms with van der Waals surface area (Å²) in [7, 11) is 0. The Morgan fingerprint density at radius 1 is 0.949 bits per heavy atom. The maximum atomic E-state index is 13.2. The van der Waals surface area contributed by atoms with Crippen LogP contribution in [0, 0.1) is 17.7 Å². The van der Waals surface area contributed by atoms with Gasteiger partial charge < -0.3 is 5.11 Å². The van der Waals surface area contributed by atoms with Crippen LogP contribution < -0.4 is 0 Å². The van der Waals surface area contributed by atoms with Crippen molar-refractivity contribution in [2.45, 2.75) is 88.8 Å². The van der Waals surface area contributed by atoms with Gasteiger partial charge in [0.2, 0.25) is 0 Å². The second-order valence-corrected chi connectivity index (χ2v) is 12.1. The van der Waals surface area contributed by atoms with Crippen molar-refractivity contribution in [1.29, 1.82) is 0 Å². The van der Waals surface area contributed by atoms with Crippen molar-refractivity contribution in [2.75, 3.05) is 19.6 Å². The van der Waals surface area contributed by atoms with Crippen LogP contribution >= 0.6 is 0 Å². The molecule has 5 rings (SSSR count). The van der Waals surface area contributed by atoms with Gasteiger partial charge in [0.15, 0.2) is 5.78 Å². The van der Waals surface area contributed by atoms with Crippen molar-refractivity contribution in [3.8, 4) is 0 Å². The minimum Gasteiger partial charge on any atom is -0.480 e. The Kier molecular flexibility index (Phi) is 9.13. The fourth-order valence-electron chi connectivity index (χ4n) is 7.68. The van der Waals surface area contributed by atoms with E-state index in [1.165, 1.54) is 24.1 Å². The highest BCUT2D eigenvalue weighted by Gasteiger charge is 2.49. The average molecular weight is 535 g/mol. The molecule has 5 nitrogen and oxygen atoms in total. The zero-order valence-corrected chi connectivity index (χ0v) is 23.2. The van der Waals surface area contributed by atoms with E-state index in [-0.39, 0.29) is 35.5 Å². The van der Waals surface area contributed by atoms with Crippen molar-refractivity contribution in [2.24, 2.45) is 11.8 Å². The number of carbonyl (C=O) groups is 2. The number of rotatable bonds is 9. The van der Waals surface area contributed by atoms with Gasteiger partial charge in [-0.2, -0.15) is 0 Å². The van der Waals surface area contributed by atoms with Crippen molar-refractivity contribution >= 4 is 11.8 Å². The van der Waals surface area contributed by atoms with Crippen LogP contribution in [-0.4, -0.2) is 64.4 Å². The summed E-state index contributed by atoms with van der Waals surface area (Å²) in [6, 6.07) is 16.5. The first-order valence-electron chi connectivity index (χ1n) is 15.0. The van der Waals surface area contributed by atoms with E-state index < -0.39 is 12.0 Å². The topological polar surface area (TPSA) is 60.9 Å². The van der Waals surface area contributed by atoms with Crippen LogP contribution in [0.15, 0.2) is 54.6 Å². The van der Waals surface area contributed by atoms with Gasteiger partial charge in [-0.25, -0.2) is 4.39 Å². The van der Waals surface area contributed by atoms with E-state index in [0.717, 1.165) is 64.6 Å². The number of likely N-dealkylation sites (tertiary alicyclic amines) is 2. The lowest BCUT2D eigenvalue weighted by molar-refractivity contribution is -0.146. The molecule has 0 aromatic heterocycles. The standard InChI is InChI=1S/C33H43FN2O3/c1-23-31(35-20-18-24(19-21-35)12-17-30(37)26-13-15-28(34)16-14-26)29(25-8-4-2-5-9-25)22-36(23)32(33(38)39)27-10-6-3-7-11-27/h2,4-5,8-9,13-16,23-24,27,29,31-32H,3,6-7,10-12,17-22H2,1H3,(H,38,39)/t23?,29?,31?,32-/m1/s1. The molecule has 0 spiro atoms. The second-order valence-electron chi connectivity index (χ2n) is 12.1. The van der Waals surface area contributed by atoms with Gasteiger partial charge in [0.1, 0.15) is 11.9 Å². The summed E-state index contributed by atoms with van der Waals surface area (Å²) >= 11 is 0. The summed E-state index contributed by atoms with van der Waals surface area (Å²) in [6.07, 6.45) is 8.99. The minimum atomic E-state index is -0.661. The molecule has 210 valence electrons. The highest BCUT2D eigenvalue weighted by Crippen LogP contribution is 2.41. The average Bonchev–Trinajstić information content (AvgIpc) is 3.29. The Hall–Kier alpha value is -2.57. The van der Waals surface area contributed by atoms with Crippen LogP contribution in [0.2, 0.25) is 0 Å². The normalized spacial score (nSPS) is 26.5. The lowest BCUT2D eigenvalue weighted by Crippen LogP contribution is -2.53. The quantitative estimate of drug-likeness (QED) is 0.378. The van der Waals surface area contributed by atoms with Crippen molar-refractivity contribution in [3.63, 3.8) is 0 Å². The van der Waals surface area contributed by atoms with Gasteiger partial charge in [-0.15, -0.1) is 0 Å². The third-order valence-corrected chi connectivity index (χ3v) is 9.79. The molecule has 4 atom stereocenters. The van der Waals surface area contributed by atoms with Gasteiger partial charge in [0.25, 0.3) is 0 Å². The first-order chi connectivity index (χ1) is 18.9. The Labute approximate surface area is 232 Å². The number of ketones is 1. The van der Waals surface area contributed by atoms with E-state index in [0.29, 0.717) is 17.9 Å². The van der Waals surface area contributed by atoms with Crippen LogP contribution in [0.1, 0.15) is 86.6 Å². The Morgan fingerprint density at radius 2 is 1.62 bits per heavy atom. The van der Waals surface area contributed by atoms with E-state index >= 15 is 0 Å². The van der Waals surface area contributed by atoms with E-state index in [1.54, 1.807) is 12.1 Å². The van der Waals surface area contributed by atoms with Crippen molar-refractivity contribution in [1.82, 2.24) is 9.80 Å². The van der Waals surface area contributed by atoms with Gasteiger partial charge in [0.05, 0.1) is 0 Å². The number of benzene rings is 2. The van der Waals surface area contributed by atoms with Gasteiger partial charge in [-0.3, -0.25) is 19.4 Å². The predicted octanol–water partition coefficient (Wildman–Crippen LogP) is 6.39. The Balaban J connectivity index is 1.26. The zero-order chi connectivity index (χ0) is 27.4. The monoisotopic (exact) mass is 534 g/mol. The van der Waals surface area contributed by atoms with Crippen LogP contribution in [0.3, 0.4) is 0 Å². The fraction of sp³-hybridized carbons (Fsp3) is 0.576. The molecule has 0 amide bonds. The van der Waals surface area contributed by atoms with Gasteiger partial charge in [-0.05, 0) is 93.8 Å². The summed E-state index contributed by atoms with van der Waals surface area (Å²) in [5.74, 6) is 0.125. The summed E-state index contributed by atoms with van der Waals surface area (Å²) in [5, 5.41) is 10.4. The maximum Gasteiger partial charge on any atom is 0.321 e. The largest absolute Gasteiger partial charge is 0.480 e. The number of Topliss-reactive ketones (excluding diaryl/α,β-unsaturated/α-hetero) is 1. The van der Waals surface area contributed by atoms with Crippen LogP contribution in [0.25, 0.3) is 0 Å². The summed E-state index contributed by atoms with van der Waals surface area (Å²) in [6.45, 7) is 4.99. The number of carbonyl (C=O) groups excluding carboxylic acids is 1. The van der Waals surface area contributed by atoms with Crippen LogP contribution in [0.4, 0.5) is 4.39 Å². The first kappa shape index (κ1) is 28.0. The molecular formula is C33H43FN2O3. The molecule has 2 saturated heterocycles. The molecular weight excluding hydrogens is 491 g/mol. The summed E-state index contributed by atoms with van der Waals surface area (Å²) in [5.41, 5.74) is 1.89. The Bertz CT molecular complexity index is 1090. The zero-order valence-electron chi connectivity index (χ0n) is 23.2. The highest BCUT2D eigenvalue weighted by molar-refractivity contribution is 5.95. The highest BCUT2D eigenvalue weighted by atomic mass is 19.1. The maximum absolute atomic E-state index is 13.2. The molecule has 2 heterocycles. The van der Waals surface area contributed by atoms with E-state index in [9.17, 15) is 19.1 Å². The lowest BCUT2D eigenvalue weighted by Gasteiger charge is -2.42. The van der Waals surface area contributed by atoms with E-state index in [1.807, 2.05) is 0 Å². The van der Waals surface area contributed by atoms with Gasteiger partial charge in [-0.1, -0.05) is 49.6 Å². The number of aliphatic carboxylic acids is 1. The number of piperidine rings is 1. The molecule has 0 radical (unpaired) electrons. The smallest absolute Gasteiger partial charge is 0.321 e. The molecule has 2 aromatic carbocycles. The number of hydrogen-bond donors (Lipinski definition) is 1. The molecule has 3 unspecified atom stereocenters. The van der Waals surface area contributed by atoms with Crippen molar-refractivity contribution in [3.05, 3.63) is 71.5 Å². The number of carboxylic acids is 1. The predicted molar refractivity (Wildman–Crippen MR) is 151 cm³/mol. The lowest BCUT2D eigenvalue weighted by atomic mass is 9.83. The number of hydrogen-bond acceptors (Lipinski definition) is 4. The van der Waals surface area contributed by atoms with Crippen LogP contribution in [-0.2, 0) is 4.79 Å². The van der Waals surface area contributed by atoms with Gasteiger partial charge in [0, 0.05) is 36.5 Å². The molecule has 39 heavy (non-hydrogen) atoms. The number of nitrogens with zero attached hydrogens (tertiary/aromatic N) is 2. The number of halogens is 1.